The van der Waals surface area contributed by atoms with Gasteiger partial charge in [-0.3, -0.25) is 0 Å². The molecule has 3 N–H and O–H groups in total. The molecule has 0 saturated heterocycles. The number of pyridine rings is 1. The highest BCUT2D eigenvalue weighted by atomic mass is 32.2. The number of nitrogens with one attached hydrogen (secondary N) is 3. The van der Waals surface area contributed by atoms with E-state index in [0.717, 1.165) is 17.2 Å². The van der Waals surface area contributed by atoms with E-state index in [1.165, 1.54) is 37.6 Å². The number of halogens is 3. The van der Waals surface area contributed by atoms with Gasteiger partial charge in [0.15, 0.2) is 0 Å². The monoisotopic (exact) mass is 498 g/mol. The van der Waals surface area contributed by atoms with Gasteiger partial charge in [-0.25, -0.2) is 28.1 Å². The molecular weight excluding hydrogens is 477 g/mol. The lowest BCUT2D eigenvalue weighted by molar-refractivity contribution is -0.137. The van der Waals surface area contributed by atoms with Crippen LogP contribution < -0.4 is 15.4 Å². The summed E-state index contributed by atoms with van der Waals surface area (Å²) < 4.78 is 64.9. The smallest absolute Gasteiger partial charge is 0.339 e. The number of nitrogens with zero attached hydrogens (tertiary/aromatic N) is 3. The highest BCUT2D eigenvalue weighted by molar-refractivity contribution is 8.00. The van der Waals surface area contributed by atoms with Crippen molar-refractivity contribution < 1.29 is 21.6 Å². The van der Waals surface area contributed by atoms with Crippen LogP contribution in [0.4, 0.5) is 36.3 Å². The molecule has 8 nitrogen and oxygen atoms in total. The molecule has 2 aromatic heterocycles. The minimum atomic E-state index is -4.47. The Bertz CT molecular complexity index is 1220. The Hall–Kier alpha value is -2.90. The number of alkyl halides is 3. The van der Waals surface area contributed by atoms with Crippen LogP contribution in [0.25, 0.3) is 0 Å². The minimum absolute atomic E-state index is 0.0852. The molecule has 0 saturated carbocycles. The van der Waals surface area contributed by atoms with E-state index in [1.54, 1.807) is 17.8 Å². The van der Waals surface area contributed by atoms with Gasteiger partial charge in [-0.05, 0) is 37.4 Å². The van der Waals surface area contributed by atoms with Gasteiger partial charge in [0.05, 0.1) is 16.1 Å². The predicted octanol–water partition coefficient (Wildman–Crippen LogP) is 4.79. The summed E-state index contributed by atoms with van der Waals surface area (Å²) >= 11 is 1.54. The zero-order chi connectivity index (χ0) is 24.2. The van der Waals surface area contributed by atoms with Gasteiger partial charge in [0.2, 0.25) is 10.0 Å². The maximum atomic E-state index is 12.7. The molecule has 0 aliphatic heterocycles. The largest absolute Gasteiger partial charge is 0.417 e. The van der Waals surface area contributed by atoms with Crippen LogP contribution in [0.5, 0.6) is 0 Å². The van der Waals surface area contributed by atoms with Gasteiger partial charge in [0, 0.05) is 22.4 Å². The van der Waals surface area contributed by atoms with Crippen molar-refractivity contribution in [1.82, 2.24) is 19.7 Å². The van der Waals surface area contributed by atoms with Crippen LogP contribution in [0.2, 0.25) is 0 Å². The van der Waals surface area contributed by atoms with Crippen molar-refractivity contribution in [3.63, 3.8) is 0 Å². The maximum absolute atomic E-state index is 12.7. The first-order chi connectivity index (χ1) is 15.5. The van der Waals surface area contributed by atoms with E-state index < -0.39 is 21.8 Å². The summed E-state index contributed by atoms with van der Waals surface area (Å²) in [6.07, 6.45) is -2.48. The summed E-state index contributed by atoms with van der Waals surface area (Å²) in [7, 11) is -2.32. The Morgan fingerprint density at radius 2 is 1.64 bits per heavy atom. The van der Waals surface area contributed by atoms with Gasteiger partial charge in [-0.2, -0.15) is 13.2 Å². The summed E-state index contributed by atoms with van der Waals surface area (Å²) in [4.78, 5) is 12.9. The van der Waals surface area contributed by atoms with E-state index >= 15 is 0 Å². The Morgan fingerprint density at radius 3 is 2.21 bits per heavy atom. The summed E-state index contributed by atoms with van der Waals surface area (Å²) in [5.74, 6) is 0.812. The van der Waals surface area contributed by atoms with Crippen LogP contribution in [0.1, 0.15) is 19.4 Å². The van der Waals surface area contributed by atoms with Gasteiger partial charge in [-0.15, -0.1) is 11.8 Å². The van der Waals surface area contributed by atoms with Crippen LogP contribution in [-0.2, 0) is 16.2 Å². The van der Waals surface area contributed by atoms with E-state index in [4.69, 9.17) is 0 Å². The van der Waals surface area contributed by atoms with Crippen LogP contribution in [0.3, 0.4) is 0 Å². The average molecular weight is 499 g/mol. The Morgan fingerprint density at radius 1 is 0.939 bits per heavy atom. The molecule has 1 aromatic carbocycles. The normalized spacial score (nSPS) is 12.1. The molecule has 0 amide bonds. The number of thioether (sulfide) groups is 1. The number of benzene rings is 1. The van der Waals surface area contributed by atoms with E-state index in [1.807, 2.05) is 13.8 Å². The lowest BCUT2D eigenvalue weighted by atomic mass is 10.3. The van der Waals surface area contributed by atoms with E-state index in [2.05, 4.69) is 30.3 Å². The second-order valence-electron chi connectivity index (χ2n) is 7.00. The molecule has 2 heterocycles. The van der Waals surface area contributed by atoms with Gasteiger partial charge >= 0.3 is 6.18 Å². The number of rotatable bonds is 8. The highest BCUT2D eigenvalue weighted by Gasteiger charge is 2.30. The highest BCUT2D eigenvalue weighted by Crippen LogP contribution is 2.34. The fourth-order valence-electron chi connectivity index (χ4n) is 2.65. The van der Waals surface area contributed by atoms with Crippen molar-refractivity contribution >= 4 is 44.9 Å². The molecular formula is C20H21F3N6O2S2. The topological polar surface area (TPSA) is 109 Å². The number of hydrogen-bond donors (Lipinski definition) is 3. The van der Waals surface area contributed by atoms with Gasteiger partial charge in [0.1, 0.15) is 23.8 Å². The molecule has 33 heavy (non-hydrogen) atoms. The van der Waals surface area contributed by atoms with E-state index in [-0.39, 0.29) is 21.8 Å². The van der Waals surface area contributed by atoms with Crippen LogP contribution in [-0.4, -0.2) is 35.7 Å². The Kier molecular flexibility index (Phi) is 7.44. The van der Waals surface area contributed by atoms with Crippen LogP contribution in [0, 0.1) is 0 Å². The first-order valence-corrected chi connectivity index (χ1v) is 12.0. The lowest BCUT2D eigenvalue weighted by Crippen LogP contribution is -2.18. The number of hydrogen-bond acceptors (Lipinski definition) is 8. The quantitative estimate of drug-likeness (QED) is 0.381. The summed E-state index contributed by atoms with van der Waals surface area (Å²) in [6.45, 7) is 4.02. The molecule has 0 aliphatic rings. The molecule has 176 valence electrons. The predicted molar refractivity (Wildman–Crippen MR) is 122 cm³/mol. The third-order valence-electron chi connectivity index (χ3n) is 4.17. The van der Waals surface area contributed by atoms with Gasteiger partial charge in [-0.1, -0.05) is 13.8 Å². The van der Waals surface area contributed by atoms with Crippen molar-refractivity contribution in [3.8, 4) is 0 Å². The van der Waals surface area contributed by atoms with Crippen molar-refractivity contribution in [2.45, 2.75) is 35.1 Å². The fraction of sp³-hybridized carbons (Fsp3) is 0.250. The van der Waals surface area contributed by atoms with Gasteiger partial charge < -0.3 is 10.6 Å². The Balaban J connectivity index is 1.86. The standard InChI is InChI=1S/C20H21F3N6O2S2/c1-12(2)32-16-6-5-14(33(30,31)24-3)8-15(16)28-18-9-19(27-11-26-18)29-17-7-4-13(10-25-17)20(21,22)23/h4-12,24H,1-3H3,(H2,25,26,27,28,29). The molecule has 13 heteroatoms. The molecule has 0 bridgehead atoms. The number of sulfonamides is 1. The molecule has 3 aromatic rings. The van der Waals surface area contributed by atoms with Crippen molar-refractivity contribution in [2.24, 2.45) is 0 Å². The zero-order valence-corrected chi connectivity index (χ0v) is 19.4. The van der Waals surface area contributed by atoms with Gasteiger partial charge in [0.25, 0.3) is 0 Å². The fourth-order valence-corrected chi connectivity index (χ4v) is 4.29. The van der Waals surface area contributed by atoms with Crippen molar-refractivity contribution in [2.75, 3.05) is 17.7 Å². The second kappa shape index (κ2) is 9.93. The van der Waals surface area contributed by atoms with Crippen LogP contribution >= 0.6 is 11.8 Å². The molecule has 0 fully saturated rings. The number of aromatic nitrogens is 3. The number of anilines is 4. The first-order valence-electron chi connectivity index (χ1n) is 9.61. The lowest BCUT2D eigenvalue weighted by Gasteiger charge is -2.15. The molecule has 0 aliphatic carbocycles. The van der Waals surface area contributed by atoms with Crippen molar-refractivity contribution in [1.29, 1.82) is 0 Å². The second-order valence-corrected chi connectivity index (χ2v) is 10.5. The van der Waals surface area contributed by atoms with Crippen molar-refractivity contribution in [3.05, 3.63) is 54.5 Å². The van der Waals surface area contributed by atoms with Crippen LogP contribution in [0.15, 0.2) is 58.7 Å². The third kappa shape index (κ3) is 6.55. The minimum Gasteiger partial charge on any atom is -0.339 e. The first kappa shape index (κ1) is 24.7. The molecule has 0 radical (unpaired) electrons. The molecule has 0 unspecified atom stereocenters. The third-order valence-corrected chi connectivity index (χ3v) is 6.66. The average Bonchev–Trinajstić information content (AvgIpc) is 2.74. The summed E-state index contributed by atoms with van der Waals surface area (Å²) in [6, 6.07) is 8.38. The van der Waals surface area contributed by atoms with E-state index in [9.17, 15) is 21.6 Å². The maximum Gasteiger partial charge on any atom is 0.417 e. The zero-order valence-electron chi connectivity index (χ0n) is 17.8. The molecule has 0 spiro atoms. The summed E-state index contributed by atoms with van der Waals surface area (Å²) in [5, 5.41) is 6.16. The molecule has 0 atom stereocenters. The Labute approximate surface area is 193 Å². The van der Waals surface area contributed by atoms with E-state index in [0.29, 0.717) is 11.5 Å². The SMILES string of the molecule is CNS(=O)(=O)c1ccc(SC(C)C)c(Nc2cc(Nc3ccc(C(F)(F)F)cn3)ncn2)c1. The molecule has 3 rings (SSSR count). The summed E-state index contributed by atoms with van der Waals surface area (Å²) in [5.41, 5.74) is -0.327.